The van der Waals surface area contributed by atoms with E-state index in [2.05, 4.69) is 171 Å². The quantitative estimate of drug-likeness (QED) is 0.156. The first-order valence-corrected chi connectivity index (χ1v) is 21.6. The van der Waals surface area contributed by atoms with Crippen LogP contribution in [0.4, 0.5) is 17.1 Å². The fourth-order valence-corrected chi connectivity index (χ4v) is 11.6. The van der Waals surface area contributed by atoms with Crippen LogP contribution in [0.25, 0.3) is 38.7 Å². The van der Waals surface area contributed by atoms with Crippen molar-refractivity contribution >= 4 is 73.1 Å². The molecule has 2 aromatic heterocycles. The number of fused-ring (bicyclic) bond motifs is 11. The minimum Gasteiger partial charge on any atom is -0.439 e. The first kappa shape index (κ1) is 35.5. The Morgan fingerprint density at radius 1 is 0.596 bits per heavy atom. The molecule has 0 fully saturated rings. The third-order valence-electron chi connectivity index (χ3n) is 15.3. The third kappa shape index (κ3) is 4.68. The van der Waals surface area contributed by atoms with E-state index in [-0.39, 0.29) is 33.8 Å². The highest BCUT2D eigenvalue weighted by Gasteiger charge is 2.47. The number of hydrogen-bond donors (Lipinski definition) is 0. The Morgan fingerprint density at radius 2 is 1.21 bits per heavy atom. The molecule has 7 aromatic rings. The van der Waals surface area contributed by atoms with Gasteiger partial charge in [-0.3, -0.25) is 4.57 Å². The van der Waals surface area contributed by atoms with Gasteiger partial charge in [0.15, 0.2) is 0 Å². The lowest BCUT2D eigenvalue weighted by molar-refractivity contribution is 0.332. The SMILES string of the molecule is Cc1cc2c3c(c1)-n1c4oc5ccccc5c4c4cc(C(C)(C)C)cc(c41)B3c1cc3c(cc1N2c1ccc2c(c1)C(C)(C)CCC2(C)C)C(C)(C)CCC3(C)C. The van der Waals surface area contributed by atoms with E-state index in [1.807, 2.05) is 0 Å². The van der Waals surface area contributed by atoms with Gasteiger partial charge in [-0.1, -0.05) is 113 Å². The van der Waals surface area contributed by atoms with Gasteiger partial charge < -0.3 is 9.32 Å². The lowest BCUT2D eigenvalue weighted by Crippen LogP contribution is -2.61. The molecule has 0 saturated carbocycles. The van der Waals surface area contributed by atoms with Crippen LogP contribution in [0.1, 0.15) is 135 Å². The van der Waals surface area contributed by atoms with Gasteiger partial charge in [-0.25, -0.2) is 0 Å². The Kier molecular flexibility index (Phi) is 6.76. The molecular weight excluding hydrogens is 691 g/mol. The largest absolute Gasteiger partial charge is 0.439 e. The first-order valence-electron chi connectivity index (χ1n) is 21.6. The van der Waals surface area contributed by atoms with Gasteiger partial charge in [-0.05, 0) is 152 Å². The summed E-state index contributed by atoms with van der Waals surface area (Å²) in [5.74, 6) is 0. The van der Waals surface area contributed by atoms with E-state index in [4.69, 9.17) is 4.42 Å². The van der Waals surface area contributed by atoms with Crippen molar-refractivity contribution in [1.82, 2.24) is 4.57 Å². The van der Waals surface area contributed by atoms with Gasteiger partial charge in [-0.2, -0.15) is 0 Å². The van der Waals surface area contributed by atoms with Gasteiger partial charge in [-0.15, -0.1) is 0 Å². The van der Waals surface area contributed by atoms with Crippen LogP contribution in [0.3, 0.4) is 0 Å². The summed E-state index contributed by atoms with van der Waals surface area (Å²) in [7, 11) is 0. The molecule has 2 aliphatic heterocycles. The number of nitrogens with zero attached hydrogens (tertiary/aromatic N) is 2. The average Bonchev–Trinajstić information content (AvgIpc) is 3.68. The number of aryl methyl sites for hydroxylation is 1. The molecule has 0 unspecified atom stereocenters. The standard InChI is InChI=1S/C53H57BN2O/c1-30-23-42-46-43(24-30)56-47-34(45-33-15-13-14-16-44(33)57-48(45)56)25-31(49(2,3)4)26-40(47)54(46)39-28-37-38(53(11,12)22-21-52(37,9)10)29-41(39)55(42)32-17-18-35-36(27-32)51(7,8)20-19-50(35,5)6/h13-18,23-29H,19-22H2,1-12H3. The van der Waals surface area contributed by atoms with Crippen LogP contribution in [0.2, 0.25) is 0 Å². The number of benzene rings is 5. The zero-order valence-corrected chi connectivity index (χ0v) is 36.2. The van der Waals surface area contributed by atoms with E-state index in [0.29, 0.717) is 0 Å². The van der Waals surface area contributed by atoms with Crippen LogP contribution in [-0.2, 0) is 27.1 Å². The molecule has 11 rings (SSSR count). The number of hydrogen-bond acceptors (Lipinski definition) is 2. The smallest absolute Gasteiger partial charge is 0.252 e. The number of para-hydroxylation sites is 1. The van der Waals surface area contributed by atoms with Gasteiger partial charge in [0.2, 0.25) is 5.71 Å². The third-order valence-corrected chi connectivity index (χ3v) is 15.3. The van der Waals surface area contributed by atoms with Crippen molar-refractivity contribution in [1.29, 1.82) is 0 Å². The second-order valence-electron chi connectivity index (χ2n) is 22.0. The maximum absolute atomic E-state index is 6.96. The molecule has 3 nitrogen and oxygen atoms in total. The van der Waals surface area contributed by atoms with Gasteiger partial charge in [0.1, 0.15) is 5.58 Å². The predicted octanol–water partition coefficient (Wildman–Crippen LogP) is 12.4. The van der Waals surface area contributed by atoms with E-state index in [0.717, 1.165) is 11.3 Å². The zero-order valence-electron chi connectivity index (χ0n) is 36.2. The van der Waals surface area contributed by atoms with Gasteiger partial charge in [0.05, 0.1) is 10.9 Å². The molecule has 0 amide bonds. The maximum atomic E-state index is 6.96. The molecule has 4 heteroatoms. The molecule has 288 valence electrons. The molecule has 0 atom stereocenters. The van der Waals surface area contributed by atoms with Crippen LogP contribution in [-0.4, -0.2) is 11.3 Å². The molecule has 0 radical (unpaired) electrons. The van der Waals surface area contributed by atoms with Crippen LogP contribution in [0.5, 0.6) is 0 Å². The van der Waals surface area contributed by atoms with Crippen molar-refractivity contribution in [2.45, 2.75) is 136 Å². The Morgan fingerprint density at radius 3 is 1.89 bits per heavy atom. The van der Waals surface area contributed by atoms with Crippen molar-refractivity contribution in [2.24, 2.45) is 0 Å². The molecule has 4 heterocycles. The molecule has 0 saturated heterocycles. The monoisotopic (exact) mass is 748 g/mol. The van der Waals surface area contributed by atoms with Gasteiger partial charge in [0.25, 0.3) is 6.71 Å². The van der Waals surface area contributed by atoms with Crippen LogP contribution < -0.4 is 21.3 Å². The highest BCUT2D eigenvalue weighted by molar-refractivity contribution is 7.00. The van der Waals surface area contributed by atoms with E-state index >= 15 is 0 Å². The lowest BCUT2D eigenvalue weighted by atomic mass is 9.33. The summed E-state index contributed by atoms with van der Waals surface area (Å²) in [5, 5.41) is 3.72. The second kappa shape index (κ2) is 10.9. The van der Waals surface area contributed by atoms with E-state index in [9.17, 15) is 0 Å². The Labute approximate surface area is 339 Å². The number of anilines is 3. The molecular formula is C53H57BN2O. The van der Waals surface area contributed by atoms with Crippen molar-refractivity contribution in [3.05, 3.63) is 112 Å². The fraction of sp³-hybridized carbons (Fsp3) is 0.396. The summed E-state index contributed by atoms with van der Waals surface area (Å²) in [5.41, 5.74) is 21.6. The number of furan rings is 1. The highest BCUT2D eigenvalue weighted by Crippen LogP contribution is 2.52. The topological polar surface area (TPSA) is 21.3 Å². The van der Waals surface area contributed by atoms with Crippen molar-refractivity contribution in [3.8, 4) is 5.69 Å². The normalized spacial score (nSPS) is 19.4. The molecule has 57 heavy (non-hydrogen) atoms. The van der Waals surface area contributed by atoms with E-state index in [1.165, 1.54) is 120 Å². The predicted molar refractivity (Wildman–Crippen MR) is 244 cm³/mol. The zero-order chi connectivity index (χ0) is 39.9. The molecule has 2 aliphatic carbocycles. The lowest BCUT2D eigenvalue weighted by Gasteiger charge is -2.46. The highest BCUT2D eigenvalue weighted by atomic mass is 16.3. The Balaban J connectivity index is 1.31. The Bertz CT molecular complexity index is 2920. The molecule has 5 aromatic carbocycles. The average molecular weight is 749 g/mol. The van der Waals surface area contributed by atoms with Gasteiger partial charge in [0, 0.05) is 33.5 Å². The molecule has 0 bridgehead atoms. The fourth-order valence-electron chi connectivity index (χ4n) is 11.6. The summed E-state index contributed by atoms with van der Waals surface area (Å²) < 4.78 is 9.46. The van der Waals surface area contributed by atoms with Crippen LogP contribution in [0, 0.1) is 6.92 Å². The summed E-state index contributed by atoms with van der Waals surface area (Å²) in [4.78, 5) is 2.67. The van der Waals surface area contributed by atoms with Crippen molar-refractivity contribution < 1.29 is 4.42 Å². The molecule has 4 aliphatic rings. The van der Waals surface area contributed by atoms with Crippen LogP contribution >= 0.6 is 0 Å². The van der Waals surface area contributed by atoms with Crippen molar-refractivity contribution in [3.63, 3.8) is 0 Å². The number of aromatic nitrogens is 1. The second-order valence-corrected chi connectivity index (χ2v) is 22.0. The molecule has 0 spiro atoms. The number of rotatable bonds is 1. The summed E-state index contributed by atoms with van der Waals surface area (Å²) in [6.07, 6.45) is 4.77. The van der Waals surface area contributed by atoms with Crippen molar-refractivity contribution in [2.75, 3.05) is 4.90 Å². The van der Waals surface area contributed by atoms with E-state index in [1.54, 1.807) is 0 Å². The first-order chi connectivity index (χ1) is 26.8. The summed E-state index contributed by atoms with van der Waals surface area (Å²) in [6.45, 7) is 29.2. The summed E-state index contributed by atoms with van der Waals surface area (Å²) in [6, 6.07) is 31.4. The van der Waals surface area contributed by atoms with Crippen LogP contribution in [0.15, 0.2) is 83.3 Å². The maximum Gasteiger partial charge on any atom is 0.252 e. The summed E-state index contributed by atoms with van der Waals surface area (Å²) >= 11 is 0. The Hall–Kier alpha value is -4.70. The van der Waals surface area contributed by atoms with E-state index < -0.39 is 0 Å². The minimum absolute atomic E-state index is 0.0376. The minimum atomic E-state index is -0.0376. The molecule has 0 N–H and O–H groups in total. The van der Waals surface area contributed by atoms with Gasteiger partial charge >= 0.3 is 0 Å².